The summed E-state index contributed by atoms with van der Waals surface area (Å²) in [5.74, 6) is -0.544. The fourth-order valence-corrected chi connectivity index (χ4v) is 3.74. The van der Waals surface area contributed by atoms with Crippen molar-refractivity contribution in [2.45, 2.75) is 6.42 Å². The van der Waals surface area contributed by atoms with Crippen LogP contribution >= 0.6 is 11.6 Å². The van der Waals surface area contributed by atoms with Gasteiger partial charge in [0, 0.05) is 24.3 Å². The fraction of sp³-hybridized carbons (Fsp3) is 0.120. The van der Waals surface area contributed by atoms with Gasteiger partial charge in [-0.1, -0.05) is 72.3 Å². The summed E-state index contributed by atoms with van der Waals surface area (Å²) in [5.41, 5.74) is 3.44. The van der Waals surface area contributed by atoms with Crippen LogP contribution in [0.2, 0.25) is 5.02 Å². The molecule has 0 N–H and O–H groups in total. The molecule has 30 heavy (non-hydrogen) atoms. The Hall–Kier alpha value is -3.37. The maximum absolute atomic E-state index is 13.4. The largest absolute Gasteiger partial charge is 0.339 e. The molecule has 5 heteroatoms. The summed E-state index contributed by atoms with van der Waals surface area (Å²) < 4.78 is 0. The van der Waals surface area contributed by atoms with Gasteiger partial charge < -0.3 is 4.90 Å². The number of hydrogen-bond donors (Lipinski definition) is 0. The molecule has 0 atom stereocenters. The van der Waals surface area contributed by atoms with E-state index in [1.54, 1.807) is 4.90 Å². The number of para-hydroxylation sites is 1. The monoisotopic (exact) mass is 416 g/mol. The zero-order chi connectivity index (χ0) is 21.1. The minimum atomic E-state index is -0.279. The predicted molar refractivity (Wildman–Crippen MR) is 120 cm³/mol. The van der Waals surface area contributed by atoms with E-state index in [0.717, 1.165) is 16.8 Å². The Morgan fingerprint density at radius 1 is 0.800 bits per heavy atom. The van der Waals surface area contributed by atoms with Crippen LogP contribution in [0, 0.1) is 0 Å². The van der Waals surface area contributed by atoms with Crippen molar-refractivity contribution in [1.29, 1.82) is 0 Å². The molecule has 0 spiro atoms. The Morgan fingerprint density at radius 2 is 1.40 bits per heavy atom. The molecule has 0 saturated heterocycles. The summed E-state index contributed by atoms with van der Waals surface area (Å²) in [6.07, 6.45) is 0.569. The Morgan fingerprint density at radius 3 is 2.03 bits per heavy atom. The Labute approximate surface area is 181 Å². The van der Waals surface area contributed by atoms with Gasteiger partial charge in [0.15, 0.2) is 0 Å². The van der Waals surface area contributed by atoms with Crippen molar-refractivity contribution in [3.63, 3.8) is 0 Å². The lowest BCUT2D eigenvalue weighted by Gasteiger charge is -2.21. The van der Waals surface area contributed by atoms with Crippen LogP contribution in [0.5, 0.6) is 0 Å². The van der Waals surface area contributed by atoms with Crippen LogP contribution in [-0.2, 0) is 16.0 Å². The molecule has 1 aliphatic heterocycles. The number of carbonyl (C=O) groups is 2. The van der Waals surface area contributed by atoms with Crippen molar-refractivity contribution in [2.24, 2.45) is 0 Å². The summed E-state index contributed by atoms with van der Waals surface area (Å²) in [5, 5.41) is 0.659. The molecule has 150 valence electrons. The summed E-state index contributed by atoms with van der Waals surface area (Å²) in [7, 11) is 1.82. The van der Waals surface area contributed by atoms with Gasteiger partial charge in [0.2, 0.25) is 0 Å². The van der Waals surface area contributed by atoms with Crippen molar-refractivity contribution >= 4 is 34.7 Å². The van der Waals surface area contributed by atoms with Gasteiger partial charge in [0.1, 0.15) is 5.70 Å². The van der Waals surface area contributed by atoms with Crippen LogP contribution in [0.15, 0.2) is 90.6 Å². The second-order valence-electron chi connectivity index (χ2n) is 7.12. The Bertz CT molecular complexity index is 1090. The van der Waals surface area contributed by atoms with Crippen molar-refractivity contribution in [1.82, 2.24) is 4.90 Å². The smallest absolute Gasteiger partial charge is 0.278 e. The van der Waals surface area contributed by atoms with Crippen LogP contribution in [0.1, 0.15) is 11.1 Å². The SMILES string of the molecule is CN(C1=C(c2ccccc2)C(=O)N(CCc2ccc(Cl)cc2)C1=O)c1ccccc1. The number of nitrogens with zero attached hydrogens (tertiary/aromatic N) is 2. The average Bonchev–Trinajstić information content (AvgIpc) is 3.03. The Balaban J connectivity index is 1.68. The topological polar surface area (TPSA) is 40.6 Å². The van der Waals surface area contributed by atoms with Crippen molar-refractivity contribution < 1.29 is 9.59 Å². The zero-order valence-electron chi connectivity index (χ0n) is 16.6. The highest BCUT2D eigenvalue weighted by molar-refractivity contribution is 6.36. The van der Waals surface area contributed by atoms with E-state index in [2.05, 4.69) is 0 Å². The predicted octanol–water partition coefficient (Wildman–Crippen LogP) is 4.80. The third kappa shape index (κ3) is 3.87. The molecule has 4 nitrogen and oxygen atoms in total. The van der Waals surface area contributed by atoms with E-state index in [9.17, 15) is 9.59 Å². The fourth-order valence-electron chi connectivity index (χ4n) is 3.62. The molecule has 3 aromatic carbocycles. The lowest BCUT2D eigenvalue weighted by Crippen LogP contribution is -2.35. The first-order valence-electron chi connectivity index (χ1n) is 9.75. The summed E-state index contributed by atoms with van der Waals surface area (Å²) >= 11 is 5.95. The number of anilines is 1. The first-order chi connectivity index (χ1) is 14.6. The van der Waals surface area contributed by atoms with E-state index < -0.39 is 0 Å². The average molecular weight is 417 g/mol. The molecular formula is C25H21ClN2O2. The number of halogens is 1. The van der Waals surface area contributed by atoms with E-state index in [-0.39, 0.29) is 11.8 Å². The second kappa shape index (κ2) is 8.56. The van der Waals surface area contributed by atoms with Gasteiger partial charge in [-0.05, 0) is 41.8 Å². The lowest BCUT2D eigenvalue weighted by molar-refractivity contribution is -0.136. The number of likely N-dealkylation sites (N-methyl/N-ethyl adjacent to an activating group) is 1. The van der Waals surface area contributed by atoms with Gasteiger partial charge in [-0.25, -0.2) is 0 Å². The molecule has 0 bridgehead atoms. The second-order valence-corrected chi connectivity index (χ2v) is 7.56. The minimum Gasteiger partial charge on any atom is -0.339 e. The van der Waals surface area contributed by atoms with Crippen molar-refractivity contribution in [3.05, 3.63) is 107 Å². The summed E-state index contributed by atoms with van der Waals surface area (Å²) in [6.45, 7) is 0.307. The van der Waals surface area contributed by atoms with E-state index in [0.29, 0.717) is 29.3 Å². The zero-order valence-corrected chi connectivity index (χ0v) is 17.3. The number of benzene rings is 3. The van der Waals surface area contributed by atoms with Crippen LogP contribution in [-0.4, -0.2) is 30.3 Å². The normalized spacial score (nSPS) is 13.9. The first-order valence-corrected chi connectivity index (χ1v) is 10.1. The van der Waals surface area contributed by atoms with Crippen molar-refractivity contribution in [2.75, 3.05) is 18.5 Å². The Kier molecular flexibility index (Phi) is 5.68. The maximum Gasteiger partial charge on any atom is 0.278 e. The van der Waals surface area contributed by atoms with Crippen LogP contribution in [0.25, 0.3) is 5.57 Å². The maximum atomic E-state index is 13.4. The minimum absolute atomic E-state index is 0.266. The molecule has 0 aromatic heterocycles. The molecule has 0 radical (unpaired) electrons. The van der Waals surface area contributed by atoms with Gasteiger partial charge >= 0.3 is 0 Å². The highest BCUT2D eigenvalue weighted by atomic mass is 35.5. The van der Waals surface area contributed by atoms with Gasteiger partial charge in [0.05, 0.1) is 5.57 Å². The highest BCUT2D eigenvalue weighted by Crippen LogP contribution is 2.33. The highest BCUT2D eigenvalue weighted by Gasteiger charge is 2.40. The van der Waals surface area contributed by atoms with Crippen molar-refractivity contribution in [3.8, 4) is 0 Å². The molecule has 1 aliphatic rings. The molecule has 1 heterocycles. The van der Waals surface area contributed by atoms with Gasteiger partial charge in [-0.15, -0.1) is 0 Å². The number of amides is 2. The first kappa shape index (κ1) is 19.9. The molecule has 0 fully saturated rings. The van der Waals surface area contributed by atoms with Gasteiger partial charge in [-0.3, -0.25) is 14.5 Å². The van der Waals surface area contributed by atoms with E-state index in [4.69, 9.17) is 11.6 Å². The summed E-state index contributed by atoms with van der Waals surface area (Å²) in [6, 6.07) is 26.4. The summed E-state index contributed by atoms with van der Waals surface area (Å²) in [4.78, 5) is 29.8. The van der Waals surface area contributed by atoms with Crippen LogP contribution in [0.4, 0.5) is 5.69 Å². The lowest BCUT2D eigenvalue weighted by atomic mass is 10.0. The van der Waals surface area contributed by atoms with E-state index in [1.807, 2.05) is 92.0 Å². The number of carbonyl (C=O) groups excluding carboxylic acids is 2. The number of hydrogen-bond acceptors (Lipinski definition) is 3. The molecule has 0 aliphatic carbocycles. The number of rotatable bonds is 6. The third-order valence-electron chi connectivity index (χ3n) is 5.22. The van der Waals surface area contributed by atoms with Crippen LogP contribution < -0.4 is 4.90 Å². The van der Waals surface area contributed by atoms with E-state index in [1.165, 1.54) is 4.90 Å². The third-order valence-corrected chi connectivity index (χ3v) is 5.47. The van der Waals surface area contributed by atoms with Gasteiger partial charge in [0.25, 0.3) is 11.8 Å². The molecular weight excluding hydrogens is 396 g/mol. The van der Waals surface area contributed by atoms with E-state index >= 15 is 0 Å². The standard InChI is InChI=1S/C25H21ClN2O2/c1-27(21-10-6-3-7-11-21)23-22(19-8-4-2-5-9-19)24(29)28(25(23)30)17-16-18-12-14-20(26)15-13-18/h2-15H,16-17H2,1H3. The molecule has 4 rings (SSSR count). The van der Waals surface area contributed by atoms with Gasteiger partial charge in [-0.2, -0.15) is 0 Å². The molecule has 0 unspecified atom stereocenters. The quantitative estimate of drug-likeness (QED) is 0.542. The number of imide groups is 1. The molecule has 2 amide bonds. The van der Waals surface area contributed by atoms with Crippen LogP contribution in [0.3, 0.4) is 0 Å². The molecule has 3 aromatic rings. The molecule has 0 saturated carbocycles.